The monoisotopic (exact) mass is 328 g/mol. The first-order valence-corrected chi connectivity index (χ1v) is 7.33. The van der Waals surface area contributed by atoms with E-state index in [0.29, 0.717) is 17.1 Å². The van der Waals surface area contributed by atoms with Gasteiger partial charge >= 0.3 is 0 Å². The first-order chi connectivity index (χ1) is 11.7. The smallest absolute Gasteiger partial charge is 0.244 e. The Balaban J connectivity index is 1.97. The average molecular weight is 328 g/mol. The highest BCUT2D eigenvalue weighted by atomic mass is 16.5. The van der Waals surface area contributed by atoms with Crippen LogP contribution < -0.4 is 19.6 Å². The van der Waals surface area contributed by atoms with Crippen LogP contribution in [0.4, 0.5) is 0 Å². The summed E-state index contributed by atoms with van der Waals surface area (Å²) in [5, 5.41) is 3.97. The molecule has 0 radical (unpaired) electrons. The lowest BCUT2D eigenvalue weighted by Gasteiger charge is -2.09. The number of para-hydroxylation sites is 1. The molecule has 24 heavy (non-hydrogen) atoms. The zero-order chi connectivity index (χ0) is 17.4. The summed E-state index contributed by atoms with van der Waals surface area (Å²) in [5.41, 5.74) is 4.09. The van der Waals surface area contributed by atoms with Crippen LogP contribution in [0.15, 0.2) is 47.6 Å². The van der Waals surface area contributed by atoms with Crippen molar-refractivity contribution in [3.8, 4) is 17.2 Å². The number of hydrogen-bond acceptors (Lipinski definition) is 5. The molecule has 0 aliphatic heterocycles. The van der Waals surface area contributed by atoms with E-state index in [4.69, 9.17) is 14.2 Å². The van der Waals surface area contributed by atoms with Crippen LogP contribution in [-0.2, 0) is 11.2 Å². The van der Waals surface area contributed by atoms with Crippen molar-refractivity contribution >= 4 is 12.1 Å². The third-order valence-corrected chi connectivity index (χ3v) is 3.35. The Labute approximate surface area is 141 Å². The van der Waals surface area contributed by atoms with Gasteiger partial charge in [-0.05, 0) is 29.8 Å². The number of hydrazone groups is 1. The van der Waals surface area contributed by atoms with Gasteiger partial charge in [-0.3, -0.25) is 4.79 Å². The number of amides is 1. The summed E-state index contributed by atoms with van der Waals surface area (Å²) in [6.45, 7) is 0. The van der Waals surface area contributed by atoms with Gasteiger partial charge in [-0.15, -0.1) is 0 Å². The van der Waals surface area contributed by atoms with Crippen molar-refractivity contribution in [2.45, 2.75) is 6.42 Å². The van der Waals surface area contributed by atoms with E-state index in [-0.39, 0.29) is 12.3 Å². The van der Waals surface area contributed by atoms with Gasteiger partial charge in [-0.2, -0.15) is 5.10 Å². The highest BCUT2D eigenvalue weighted by Crippen LogP contribution is 2.29. The van der Waals surface area contributed by atoms with Crippen LogP contribution in [0.2, 0.25) is 0 Å². The second-order valence-electron chi connectivity index (χ2n) is 4.90. The van der Waals surface area contributed by atoms with Gasteiger partial charge in [0.25, 0.3) is 0 Å². The van der Waals surface area contributed by atoms with Gasteiger partial charge in [-0.1, -0.05) is 18.2 Å². The first-order valence-electron chi connectivity index (χ1n) is 7.33. The lowest BCUT2D eigenvalue weighted by molar-refractivity contribution is -0.120. The standard InChI is InChI=1S/C18H20N2O4/c1-22-15-9-7-13(8-10-15)11-17(21)20-19-12-14-5-4-6-16(23-2)18(14)24-3/h4-10,12H,11H2,1-3H3,(H,20,21). The molecule has 1 amide bonds. The van der Waals surface area contributed by atoms with Crippen molar-refractivity contribution in [2.24, 2.45) is 5.10 Å². The molecule has 0 aromatic heterocycles. The number of hydrogen-bond donors (Lipinski definition) is 1. The van der Waals surface area contributed by atoms with E-state index in [1.54, 1.807) is 27.4 Å². The Bertz CT molecular complexity index is 711. The molecule has 6 heteroatoms. The molecule has 0 saturated heterocycles. The Hall–Kier alpha value is -3.02. The van der Waals surface area contributed by atoms with Gasteiger partial charge in [0.15, 0.2) is 11.5 Å². The molecule has 0 aliphatic rings. The van der Waals surface area contributed by atoms with Crippen LogP contribution in [0, 0.1) is 0 Å². The molecule has 0 unspecified atom stereocenters. The topological polar surface area (TPSA) is 69.2 Å². The number of rotatable bonds is 7. The highest BCUT2D eigenvalue weighted by molar-refractivity contribution is 5.86. The SMILES string of the molecule is COc1ccc(CC(=O)NN=Cc2cccc(OC)c2OC)cc1. The molecule has 0 saturated carbocycles. The lowest BCUT2D eigenvalue weighted by Crippen LogP contribution is -2.19. The summed E-state index contributed by atoms with van der Waals surface area (Å²) in [7, 11) is 4.72. The van der Waals surface area contributed by atoms with Gasteiger partial charge in [-0.25, -0.2) is 5.43 Å². The predicted octanol–water partition coefficient (Wildman–Crippen LogP) is 2.41. The molecule has 0 atom stereocenters. The highest BCUT2D eigenvalue weighted by Gasteiger charge is 2.07. The van der Waals surface area contributed by atoms with Gasteiger partial charge < -0.3 is 14.2 Å². The fourth-order valence-corrected chi connectivity index (χ4v) is 2.16. The second-order valence-corrected chi connectivity index (χ2v) is 4.90. The van der Waals surface area contributed by atoms with Crippen LogP contribution in [0.1, 0.15) is 11.1 Å². The van der Waals surface area contributed by atoms with Crippen molar-refractivity contribution in [1.82, 2.24) is 5.43 Å². The first kappa shape index (κ1) is 17.3. The number of nitrogens with one attached hydrogen (secondary N) is 1. The number of ether oxygens (including phenoxy) is 3. The molecule has 0 spiro atoms. The number of benzene rings is 2. The van der Waals surface area contributed by atoms with Crippen molar-refractivity contribution in [3.05, 3.63) is 53.6 Å². The maximum atomic E-state index is 11.9. The number of carbonyl (C=O) groups excluding carboxylic acids is 1. The van der Waals surface area contributed by atoms with Gasteiger partial charge in [0.1, 0.15) is 5.75 Å². The maximum absolute atomic E-state index is 11.9. The van der Waals surface area contributed by atoms with Gasteiger partial charge in [0, 0.05) is 5.56 Å². The summed E-state index contributed by atoms with van der Waals surface area (Å²) in [6, 6.07) is 12.7. The molecule has 0 bridgehead atoms. The van der Waals surface area contributed by atoms with E-state index < -0.39 is 0 Å². The normalized spacial score (nSPS) is 10.5. The average Bonchev–Trinajstić information content (AvgIpc) is 2.62. The molecule has 0 heterocycles. The third-order valence-electron chi connectivity index (χ3n) is 3.35. The second kappa shape index (κ2) is 8.57. The van der Waals surface area contributed by atoms with Crippen LogP contribution >= 0.6 is 0 Å². The van der Waals surface area contributed by atoms with Gasteiger partial charge in [0.2, 0.25) is 5.91 Å². The quantitative estimate of drug-likeness (QED) is 0.626. The Morgan fingerprint density at radius 2 is 1.79 bits per heavy atom. The number of nitrogens with zero attached hydrogens (tertiary/aromatic N) is 1. The fourth-order valence-electron chi connectivity index (χ4n) is 2.16. The van der Waals surface area contributed by atoms with Crippen LogP contribution in [0.25, 0.3) is 0 Å². The number of methoxy groups -OCH3 is 3. The minimum atomic E-state index is -0.210. The third kappa shape index (κ3) is 4.49. The molecule has 2 aromatic carbocycles. The van der Waals surface area contributed by atoms with Crippen molar-refractivity contribution in [2.75, 3.05) is 21.3 Å². The van der Waals surface area contributed by atoms with Gasteiger partial charge in [0.05, 0.1) is 34.0 Å². The summed E-state index contributed by atoms with van der Waals surface area (Å²) >= 11 is 0. The Kier molecular flexibility index (Phi) is 6.19. The van der Waals surface area contributed by atoms with Crippen LogP contribution in [0.3, 0.4) is 0 Å². The predicted molar refractivity (Wildman–Crippen MR) is 92.0 cm³/mol. The molecule has 2 rings (SSSR count). The molecule has 126 valence electrons. The fraction of sp³-hybridized carbons (Fsp3) is 0.222. The van der Waals surface area contributed by atoms with Crippen molar-refractivity contribution in [1.29, 1.82) is 0 Å². The molecule has 0 aliphatic carbocycles. The van der Waals surface area contributed by atoms with E-state index >= 15 is 0 Å². The largest absolute Gasteiger partial charge is 0.497 e. The van der Waals surface area contributed by atoms with E-state index in [9.17, 15) is 4.79 Å². The zero-order valence-corrected chi connectivity index (χ0v) is 13.9. The maximum Gasteiger partial charge on any atom is 0.244 e. The summed E-state index contributed by atoms with van der Waals surface area (Å²) in [5.74, 6) is 1.71. The minimum Gasteiger partial charge on any atom is -0.497 e. The van der Waals surface area contributed by atoms with Crippen molar-refractivity contribution < 1.29 is 19.0 Å². The van der Waals surface area contributed by atoms with Crippen LogP contribution in [0.5, 0.6) is 17.2 Å². The van der Waals surface area contributed by atoms with Crippen LogP contribution in [-0.4, -0.2) is 33.5 Å². The van der Waals surface area contributed by atoms with E-state index in [0.717, 1.165) is 11.3 Å². The van der Waals surface area contributed by atoms with E-state index in [2.05, 4.69) is 10.5 Å². The van der Waals surface area contributed by atoms with Crippen molar-refractivity contribution in [3.63, 3.8) is 0 Å². The summed E-state index contributed by atoms with van der Waals surface area (Å²) in [4.78, 5) is 11.9. The minimum absolute atomic E-state index is 0.210. The molecular weight excluding hydrogens is 308 g/mol. The van der Waals surface area contributed by atoms with E-state index in [1.807, 2.05) is 36.4 Å². The van der Waals surface area contributed by atoms with E-state index in [1.165, 1.54) is 6.21 Å². The summed E-state index contributed by atoms with van der Waals surface area (Å²) in [6.07, 6.45) is 1.75. The zero-order valence-electron chi connectivity index (χ0n) is 13.9. The number of carbonyl (C=O) groups is 1. The summed E-state index contributed by atoms with van der Waals surface area (Å²) < 4.78 is 15.6. The Morgan fingerprint density at radius 3 is 2.42 bits per heavy atom. The Morgan fingerprint density at radius 1 is 1.04 bits per heavy atom. The molecule has 2 aromatic rings. The lowest BCUT2D eigenvalue weighted by atomic mass is 10.1. The molecule has 1 N–H and O–H groups in total. The molecule has 6 nitrogen and oxygen atoms in total. The molecule has 0 fully saturated rings. The molecular formula is C18H20N2O4.